The standard InChI is InChI=1S/C13H25N3O/c1-13(6-2-3-7-13)10-15-11-4-8-16(9-5-11)12(14)17/h11,15H,2-10H2,1H3,(H2,14,17). The van der Waals surface area contributed by atoms with Crippen LogP contribution < -0.4 is 11.1 Å². The van der Waals surface area contributed by atoms with Gasteiger partial charge in [-0.3, -0.25) is 0 Å². The van der Waals surface area contributed by atoms with Gasteiger partial charge in [-0.15, -0.1) is 0 Å². The number of piperidine rings is 1. The maximum absolute atomic E-state index is 11.0. The molecule has 17 heavy (non-hydrogen) atoms. The summed E-state index contributed by atoms with van der Waals surface area (Å²) in [7, 11) is 0. The Hall–Kier alpha value is -0.770. The highest BCUT2D eigenvalue weighted by Crippen LogP contribution is 2.36. The molecule has 0 unspecified atom stereocenters. The minimum atomic E-state index is -0.272. The second-order valence-electron chi connectivity index (χ2n) is 6.00. The SMILES string of the molecule is CC1(CNC2CCN(C(N)=O)CC2)CCCC1. The average molecular weight is 239 g/mol. The second kappa shape index (κ2) is 5.25. The quantitative estimate of drug-likeness (QED) is 0.787. The van der Waals surface area contributed by atoms with Gasteiger partial charge < -0.3 is 16.0 Å². The van der Waals surface area contributed by atoms with Crippen LogP contribution in [-0.2, 0) is 0 Å². The molecule has 1 saturated heterocycles. The Labute approximate surface area is 104 Å². The van der Waals surface area contributed by atoms with E-state index in [1.54, 1.807) is 4.90 Å². The minimum absolute atomic E-state index is 0.272. The molecule has 0 spiro atoms. The van der Waals surface area contributed by atoms with Crippen LogP contribution in [0.2, 0.25) is 0 Å². The largest absolute Gasteiger partial charge is 0.351 e. The molecular weight excluding hydrogens is 214 g/mol. The van der Waals surface area contributed by atoms with E-state index < -0.39 is 0 Å². The number of likely N-dealkylation sites (tertiary alicyclic amines) is 1. The van der Waals surface area contributed by atoms with Crippen molar-refractivity contribution in [2.45, 2.75) is 51.5 Å². The van der Waals surface area contributed by atoms with Crippen LogP contribution >= 0.6 is 0 Å². The van der Waals surface area contributed by atoms with Gasteiger partial charge in [0, 0.05) is 25.7 Å². The zero-order valence-electron chi connectivity index (χ0n) is 10.9. The summed E-state index contributed by atoms with van der Waals surface area (Å²) < 4.78 is 0. The normalized spacial score (nSPS) is 25.1. The van der Waals surface area contributed by atoms with E-state index in [0.717, 1.165) is 32.5 Å². The molecule has 2 amide bonds. The van der Waals surface area contributed by atoms with Crippen molar-refractivity contribution >= 4 is 6.03 Å². The van der Waals surface area contributed by atoms with Gasteiger partial charge in [0.05, 0.1) is 0 Å². The zero-order valence-corrected chi connectivity index (χ0v) is 10.9. The number of hydrogen-bond donors (Lipinski definition) is 2. The van der Waals surface area contributed by atoms with Gasteiger partial charge >= 0.3 is 6.03 Å². The molecule has 2 fully saturated rings. The summed E-state index contributed by atoms with van der Waals surface area (Å²) in [4.78, 5) is 12.8. The Bertz CT molecular complexity index is 266. The van der Waals surface area contributed by atoms with E-state index in [4.69, 9.17) is 5.73 Å². The third kappa shape index (κ3) is 3.35. The highest BCUT2D eigenvalue weighted by molar-refractivity contribution is 5.72. The number of nitrogens with one attached hydrogen (secondary N) is 1. The molecule has 3 N–H and O–H groups in total. The summed E-state index contributed by atoms with van der Waals surface area (Å²) in [5, 5.41) is 3.68. The fraction of sp³-hybridized carbons (Fsp3) is 0.923. The van der Waals surface area contributed by atoms with Crippen LogP contribution in [0.4, 0.5) is 4.79 Å². The van der Waals surface area contributed by atoms with E-state index in [0.29, 0.717) is 11.5 Å². The molecule has 2 aliphatic rings. The molecule has 2 rings (SSSR count). The summed E-state index contributed by atoms with van der Waals surface area (Å²) in [5.41, 5.74) is 5.79. The Balaban J connectivity index is 1.69. The van der Waals surface area contributed by atoms with Gasteiger partial charge in [0.2, 0.25) is 0 Å². The first kappa shape index (κ1) is 12.7. The molecule has 4 nitrogen and oxygen atoms in total. The van der Waals surface area contributed by atoms with Crippen molar-refractivity contribution in [2.24, 2.45) is 11.1 Å². The number of primary amides is 1. The smallest absolute Gasteiger partial charge is 0.314 e. The van der Waals surface area contributed by atoms with Crippen LogP contribution in [0.15, 0.2) is 0 Å². The lowest BCUT2D eigenvalue weighted by atomic mass is 9.88. The number of amides is 2. The summed E-state index contributed by atoms with van der Waals surface area (Å²) >= 11 is 0. The first-order valence-corrected chi connectivity index (χ1v) is 6.87. The first-order chi connectivity index (χ1) is 8.09. The Kier molecular flexibility index (Phi) is 3.92. The number of nitrogens with two attached hydrogens (primary N) is 1. The van der Waals surface area contributed by atoms with Crippen LogP contribution in [0, 0.1) is 5.41 Å². The van der Waals surface area contributed by atoms with Crippen molar-refractivity contribution in [1.82, 2.24) is 10.2 Å². The fourth-order valence-corrected chi connectivity index (χ4v) is 3.10. The number of nitrogens with zero attached hydrogens (tertiary/aromatic N) is 1. The predicted molar refractivity (Wildman–Crippen MR) is 68.8 cm³/mol. The van der Waals surface area contributed by atoms with Crippen molar-refractivity contribution in [3.8, 4) is 0 Å². The predicted octanol–water partition coefficient (Wildman–Crippen LogP) is 1.70. The van der Waals surface area contributed by atoms with Gasteiger partial charge in [-0.05, 0) is 31.1 Å². The molecule has 0 aromatic rings. The number of urea groups is 1. The molecule has 1 heterocycles. The van der Waals surface area contributed by atoms with Gasteiger partial charge in [-0.25, -0.2) is 4.79 Å². The van der Waals surface area contributed by atoms with Gasteiger partial charge in [-0.2, -0.15) is 0 Å². The molecular formula is C13H25N3O. The summed E-state index contributed by atoms with van der Waals surface area (Å²) in [6.07, 6.45) is 7.58. The van der Waals surface area contributed by atoms with Crippen molar-refractivity contribution in [3.05, 3.63) is 0 Å². The molecule has 0 bridgehead atoms. The van der Waals surface area contributed by atoms with E-state index in [9.17, 15) is 4.79 Å². The number of carbonyl (C=O) groups is 1. The van der Waals surface area contributed by atoms with Crippen molar-refractivity contribution in [3.63, 3.8) is 0 Å². The Morgan fingerprint density at radius 3 is 2.47 bits per heavy atom. The van der Waals surface area contributed by atoms with Gasteiger partial charge in [0.25, 0.3) is 0 Å². The number of carbonyl (C=O) groups excluding carboxylic acids is 1. The van der Waals surface area contributed by atoms with Crippen LogP contribution in [-0.4, -0.2) is 36.6 Å². The number of hydrogen-bond acceptors (Lipinski definition) is 2. The molecule has 4 heteroatoms. The van der Waals surface area contributed by atoms with E-state index >= 15 is 0 Å². The van der Waals surface area contributed by atoms with E-state index in [-0.39, 0.29) is 6.03 Å². The molecule has 0 aromatic carbocycles. The average Bonchev–Trinajstić information content (AvgIpc) is 2.75. The highest BCUT2D eigenvalue weighted by Gasteiger charge is 2.29. The van der Waals surface area contributed by atoms with Gasteiger partial charge in [0.1, 0.15) is 0 Å². The molecule has 1 aliphatic heterocycles. The highest BCUT2D eigenvalue weighted by atomic mass is 16.2. The van der Waals surface area contributed by atoms with Crippen LogP contribution in [0.25, 0.3) is 0 Å². The molecule has 0 radical (unpaired) electrons. The van der Waals surface area contributed by atoms with Crippen molar-refractivity contribution < 1.29 is 4.79 Å². The molecule has 1 saturated carbocycles. The summed E-state index contributed by atoms with van der Waals surface area (Å²) in [6, 6.07) is 0.300. The second-order valence-corrected chi connectivity index (χ2v) is 6.00. The molecule has 98 valence electrons. The van der Waals surface area contributed by atoms with Gasteiger partial charge in [-0.1, -0.05) is 19.8 Å². The minimum Gasteiger partial charge on any atom is -0.351 e. The molecule has 0 aromatic heterocycles. The van der Waals surface area contributed by atoms with E-state index in [2.05, 4.69) is 12.2 Å². The number of rotatable bonds is 3. The monoisotopic (exact) mass is 239 g/mol. The first-order valence-electron chi connectivity index (χ1n) is 6.87. The molecule has 0 atom stereocenters. The summed E-state index contributed by atoms with van der Waals surface area (Å²) in [5.74, 6) is 0. The third-order valence-electron chi connectivity index (χ3n) is 4.43. The van der Waals surface area contributed by atoms with Crippen molar-refractivity contribution in [1.29, 1.82) is 0 Å². The maximum atomic E-state index is 11.0. The maximum Gasteiger partial charge on any atom is 0.314 e. The lowest BCUT2D eigenvalue weighted by Gasteiger charge is -2.34. The van der Waals surface area contributed by atoms with Crippen molar-refractivity contribution in [2.75, 3.05) is 19.6 Å². The van der Waals surface area contributed by atoms with E-state index in [1.165, 1.54) is 25.7 Å². The topological polar surface area (TPSA) is 58.4 Å². The van der Waals surface area contributed by atoms with E-state index in [1.807, 2.05) is 0 Å². The lowest BCUT2D eigenvalue weighted by Crippen LogP contribution is -2.48. The Morgan fingerprint density at radius 1 is 1.35 bits per heavy atom. The van der Waals surface area contributed by atoms with Gasteiger partial charge in [0.15, 0.2) is 0 Å². The van der Waals surface area contributed by atoms with Crippen LogP contribution in [0.5, 0.6) is 0 Å². The third-order valence-corrected chi connectivity index (χ3v) is 4.43. The molecule has 1 aliphatic carbocycles. The van der Waals surface area contributed by atoms with Crippen LogP contribution in [0.1, 0.15) is 45.4 Å². The zero-order chi connectivity index (χ0) is 12.3. The Morgan fingerprint density at radius 2 is 1.94 bits per heavy atom. The lowest BCUT2D eigenvalue weighted by molar-refractivity contribution is 0.180. The van der Waals surface area contributed by atoms with Crippen LogP contribution in [0.3, 0.4) is 0 Å². The summed E-state index contributed by atoms with van der Waals surface area (Å²) in [6.45, 7) is 5.15. The fourth-order valence-electron chi connectivity index (χ4n) is 3.10.